The molecule has 1 aromatic carbocycles. The summed E-state index contributed by atoms with van der Waals surface area (Å²) in [6.07, 6.45) is 3.75. The molecule has 1 saturated heterocycles. The van der Waals surface area contributed by atoms with Gasteiger partial charge in [0, 0.05) is 49.1 Å². The minimum Gasteiger partial charge on any atom is -0.497 e. The molecule has 0 spiro atoms. The van der Waals surface area contributed by atoms with Crippen LogP contribution in [0.5, 0.6) is 17.4 Å². The van der Waals surface area contributed by atoms with E-state index in [2.05, 4.69) is 20.2 Å². The molecule has 0 radical (unpaired) electrons. The Morgan fingerprint density at radius 1 is 1.12 bits per heavy atom. The van der Waals surface area contributed by atoms with Gasteiger partial charge < -0.3 is 24.4 Å². The molecule has 140 valence electrons. The Bertz CT molecular complexity index is 703. The molecule has 3 rings (SSSR count). The monoisotopic (exact) mass is 358 g/mol. The summed E-state index contributed by atoms with van der Waals surface area (Å²) in [6.45, 7) is 4.38. The number of hydrogen-bond acceptors (Lipinski definition) is 7. The van der Waals surface area contributed by atoms with Crippen molar-refractivity contribution in [1.29, 1.82) is 0 Å². The van der Waals surface area contributed by atoms with Crippen molar-refractivity contribution in [2.24, 2.45) is 0 Å². The second-order valence-electron chi connectivity index (χ2n) is 6.18. The first-order chi connectivity index (χ1) is 12.7. The van der Waals surface area contributed by atoms with Crippen LogP contribution < -0.4 is 24.4 Å². The van der Waals surface area contributed by atoms with Crippen LogP contribution in [0.2, 0.25) is 0 Å². The first-order valence-electron chi connectivity index (χ1n) is 8.91. The van der Waals surface area contributed by atoms with E-state index in [1.807, 2.05) is 31.2 Å². The predicted octanol–water partition coefficient (Wildman–Crippen LogP) is 2.97. The summed E-state index contributed by atoms with van der Waals surface area (Å²) in [4.78, 5) is 10.8. The van der Waals surface area contributed by atoms with E-state index >= 15 is 0 Å². The normalized spacial score (nSPS) is 16.9. The van der Waals surface area contributed by atoms with Crippen LogP contribution in [0.15, 0.2) is 30.6 Å². The summed E-state index contributed by atoms with van der Waals surface area (Å²) in [5.41, 5.74) is 0.991. The van der Waals surface area contributed by atoms with Gasteiger partial charge in [0.2, 0.25) is 5.88 Å². The minimum atomic E-state index is 0.311. The lowest BCUT2D eigenvalue weighted by molar-refractivity contribution is 0.326. The predicted molar refractivity (Wildman–Crippen MR) is 102 cm³/mol. The summed E-state index contributed by atoms with van der Waals surface area (Å²) in [5.74, 6) is 3.07. The van der Waals surface area contributed by atoms with Gasteiger partial charge in [0.05, 0.1) is 20.8 Å². The van der Waals surface area contributed by atoms with Crippen LogP contribution in [0.3, 0.4) is 0 Å². The smallest absolute Gasteiger partial charge is 0.218 e. The molecule has 1 aromatic heterocycles. The molecule has 26 heavy (non-hydrogen) atoms. The molecular weight excluding hydrogens is 332 g/mol. The molecule has 1 aliphatic rings. The SMILES string of the molecule is CCOc1cc(N2CCCC(Nc3cc(OC)cc(OC)c3)C2)ncn1. The van der Waals surface area contributed by atoms with E-state index in [-0.39, 0.29) is 0 Å². The van der Waals surface area contributed by atoms with Gasteiger partial charge in [-0.3, -0.25) is 0 Å². The zero-order chi connectivity index (χ0) is 18.4. The molecular formula is C19H26N4O3. The van der Waals surface area contributed by atoms with Crippen LogP contribution in [0.1, 0.15) is 19.8 Å². The number of nitrogens with zero attached hydrogens (tertiary/aromatic N) is 3. The summed E-state index contributed by atoms with van der Waals surface area (Å²) >= 11 is 0. The fourth-order valence-electron chi connectivity index (χ4n) is 3.16. The molecule has 0 amide bonds. The highest BCUT2D eigenvalue weighted by Crippen LogP contribution is 2.28. The fourth-order valence-corrected chi connectivity index (χ4v) is 3.16. The van der Waals surface area contributed by atoms with Gasteiger partial charge in [0.15, 0.2) is 0 Å². The fraction of sp³-hybridized carbons (Fsp3) is 0.474. The molecule has 2 heterocycles. The number of nitrogens with one attached hydrogen (secondary N) is 1. The van der Waals surface area contributed by atoms with Crippen LogP contribution >= 0.6 is 0 Å². The Balaban J connectivity index is 1.70. The standard InChI is InChI=1S/C19H26N4O3/c1-4-26-19-11-18(20-13-21-19)23-7-5-6-14(12-23)22-15-8-16(24-2)10-17(9-15)25-3/h8-11,13-14,22H,4-7,12H2,1-3H3. The number of methoxy groups -OCH3 is 2. The highest BCUT2D eigenvalue weighted by atomic mass is 16.5. The molecule has 0 saturated carbocycles. The van der Waals surface area contributed by atoms with Gasteiger partial charge >= 0.3 is 0 Å². The average Bonchev–Trinajstić information content (AvgIpc) is 2.68. The van der Waals surface area contributed by atoms with Gasteiger partial charge in [-0.1, -0.05) is 0 Å². The lowest BCUT2D eigenvalue weighted by atomic mass is 10.1. The van der Waals surface area contributed by atoms with Gasteiger partial charge in [-0.2, -0.15) is 0 Å². The van der Waals surface area contributed by atoms with Crippen molar-refractivity contribution in [2.75, 3.05) is 44.1 Å². The molecule has 1 aliphatic heterocycles. The van der Waals surface area contributed by atoms with Gasteiger partial charge in [0.1, 0.15) is 23.6 Å². The summed E-state index contributed by atoms with van der Waals surface area (Å²) < 4.78 is 16.2. The molecule has 0 aliphatic carbocycles. The van der Waals surface area contributed by atoms with E-state index < -0.39 is 0 Å². The maximum Gasteiger partial charge on any atom is 0.218 e. The highest BCUT2D eigenvalue weighted by molar-refractivity contribution is 5.55. The van der Waals surface area contributed by atoms with E-state index in [1.165, 1.54) is 0 Å². The molecule has 7 heteroatoms. The summed E-state index contributed by atoms with van der Waals surface area (Å²) in [6, 6.07) is 8.05. The second kappa shape index (κ2) is 8.60. The number of rotatable bonds is 7. The third-order valence-electron chi connectivity index (χ3n) is 4.39. The Morgan fingerprint density at radius 2 is 1.88 bits per heavy atom. The Morgan fingerprint density at radius 3 is 2.58 bits per heavy atom. The lowest BCUT2D eigenvalue weighted by Crippen LogP contribution is -2.42. The minimum absolute atomic E-state index is 0.311. The maximum atomic E-state index is 5.49. The van der Waals surface area contributed by atoms with Gasteiger partial charge in [0.25, 0.3) is 0 Å². The van der Waals surface area contributed by atoms with Crippen molar-refractivity contribution < 1.29 is 14.2 Å². The first kappa shape index (κ1) is 18.1. The number of benzene rings is 1. The third-order valence-corrected chi connectivity index (χ3v) is 4.39. The molecule has 1 fully saturated rings. The highest BCUT2D eigenvalue weighted by Gasteiger charge is 2.21. The van der Waals surface area contributed by atoms with Crippen molar-refractivity contribution in [3.05, 3.63) is 30.6 Å². The van der Waals surface area contributed by atoms with Crippen LogP contribution in [0, 0.1) is 0 Å². The molecule has 1 N–H and O–H groups in total. The topological polar surface area (TPSA) is 68.7 Å². The van der Waals surface area contributed by atoms with Crippen molar-refractivity contribution in [3.63, 3.8) is 0 Å². The average molecular weight is 358 g/mol. The van der Waals surface area contributed by atoms with Crippen LogP contribution in [-0.4, -0.2) is 49.9 Å². The number of piperidine rings is 1. The van der Waals surface area contributed by atoms with Crippen LogP contribution in [0.4, 0.5) is 11.5 Å². The van der Waals surface area contributed by atoms with E-state index in [1.54, 1.807) is 20.5 Å². The van der Waals surface area contributed by atoms with Crippen LogP contribution in [-0.2, 0) is 0 Å². The molecule has 1 unspecified atom stereocenters. The maximum absolute atomic E-state index is 5.49. The van der Waals surface area contributed by atoms with Crippen molar-refractivity contribution in [2.45, 2.75) is 25.8 Å². The Labute approximate surface area is 154 Å². The quantitative estimate of drug-likeness (QED) is 0.816. The molecule has 2 aromatic rings. The number of anilines is 2. The zero-order valence-corrected chi connectivity index (χ0v) is 15.6. The van der Waals surface area contributed by atoms with E-state index in [0.717, 1.165) is 48.9 Å². The molecule has 0 bridgehead atoms. The van der Waals surface area contributed by atoms with Crippen LogP contribution in [0.25, 0.3) is 0 Å². The summed E-state index contributed by atoms with van der Waals surface area (Å²) in [5, 5.41) is 3.59. The van der Waals surface area contributed by atoms with Gasteiger partial charge in [-0.15, -0.1) is 0 Å². The van der Waals surface area contributed by atoms with E-state index in [9.17, 15) is 0 Å². The van der Waals surface area contributed by atoms with Crippen molar-refractivity contribution >= 4 is 11.5 Å². The van der Waals surface area contributed by atoms with Crippen molar-refractivity contribution in [1.82, 2.24) is 9.97 Å². The van der Waals surface area contributed by atoms with Crippen molar-refractivity contribution in [3.8, 4) is 17.4 Å². The Hall–Kier alpha value is -2.70. The third kappa shape index (κ3) is 4.47. The molecule has 1 atom stereocenters. The first-order valence-corrected chi connectivity index (χ1v) is 8.91. The zero-order valence-electron chi connectivity index (χ0n) is 15.6. The summed E-state index contributed by atoms with van der Waals surface area (Å²) in [7, 11) is 3.32. The lowest BCUT2D eigenvalue weighted by Gasteiger charge is -2.34. The largest absolute Gasteiger partial charge is 0.497 e. The molecule has 7 nitrogen and oxygen atoms in total. The van der Waals surface area contributed by atoms with Gasteiger partial charge in [-0.05, 0) is 19.8 Å². The second-order valence-corrected chi connectivity index (χ2v) is 6.18. The number of aromatic nitrogens is 2. The van der Waals surface area contributed by atoms with Gasteiger partial charge in [-0.25, -0.2) is 9.97 Å². The number of ether oxygens (including phenoxy) is 3. The van der Waals surface area contributed by atoms with E-state index in [0.29, 0.717) is 18.5 Å². The van der Waals surface area contributed by atoms with E-state index in [4.69, 9.17) is 14.2 Å². The Kier molecular flexibility index (Phi) is 5.99. The number of hydrogen-bond donors (Lipinski definition) is 1.